The number of nitrogens with two attached hydrogens (primary N) is 2. The van der Waals surface area contributed by atoms with E-state index in [1.165, 1.54) is 4.90 Å². The van der Waals surface area contributed by atoms with Crippen LogP contribution in [0.5, 0.6) is 0 Å². The van der Waals surface area contributed by atoms with Crippen molar-refractivity contribution in [1.29, 1.82) is 0 Å². The van der Waals surface area contributed by atoms with Gasteiger partial charge in [-0.05, 0) is 92.4 Å². The summed E-state index contributed by atoms with van der Waals surface area (Å²) in [5, 5.41) is 0.621. The largest absolute Gasteiger partial charge is 0.368 e. The number of amides is 2. The summed E-state index contributed by atoms with van der Waals surface area (Å²) in [6, 6.07) is 16.0. The highest BCUT2D eigenvalue weighted by molar-refractivity contribution is 6.34. The molecule has 10 nitrogen and oxygen atoms in total. The molecule has 2 fully saturated rings. The molecule has 3 aromatic carbocycles. The highest BCUT2D eigenvalue weighted by Gasteiger charge is 2.36. The quantitative estimate of drug-likeness (QED) is 0.139. The van der Waals surface area contributed by atoms with E-state index < -0.39 is 11.9 Å². The van der Waals surface area contributed by atoms with E-state index in [1.807, 2.05) is 36.4 Å². The Balaban J connectivity index is 0.00000372. The molecule has 240 valence electrons. The van der Waals surface area contributed by atoms with Crippen molar-refractivity contribution in [2.75, 3.05) is 11.4 Å². The minimum atomic E-state index is -0.941. The number of carbonyl (C=O) groups is 2. The third-order valence-corrected chi connectivity index (χ3v) is 9.74. The first-order chi connectivity index (χ1) is 21.8. The van der Waals surface area contributed by atoms with E-state index in [-0.39, 0.29) is 36.3 Å². The summed E-state index contributed by atoms with van der Waals surface area (Å²) in [7, 11) is 0. The number of anilines is 1. The molecule has 46 heavy (non-hydrogen) atoms. The Bertz CT molecular complexity index is 1950. The molecule has 5 aromatic rings. The Morgan fingerprint density at radius 2 is 1.63 bits per heavy atom. The lowest BCUT2D eigenvalue weighted by Gasteiger charge is -2.35. The molecular weight excluding hydrogens is 625 g/mol. The van der Waals surface area contributed by atoms with E-state index in [1.54, 1.807) is 18.2 Å². The van der Waals surface area contributed by atoms with Crippen LogP contribution in [0, 0.1) is 11.8 Å². The summed E-state index contributed by atoms with van der Waals surface area (Å²) in [5.41, 5.74) is 17.7. The minimum absolute atomic E-state index is 0. The second-order valence-corrected chi connectivity index (χ2v) is 12.9. The zero-order valence-corrected chi connectivity index (χ0v) is 26.8. The lowest BCUT2D eigenvalue weighted by atomic mass is 9.81. The van der Waals surface area contributed by atoms with Gasteiger partial charge < -0.3 is 26.4 Å². The molecule has 0 unspecified atom stereocenters. The van der Waals surface area contributed by atoms with E-state index in [4.69, 9.17) is 28.1 Å². The fourth-order valence-corrected chi connectivity index (χ4v) is 6.93. The van der Waals surface area contributed by atoms with E-state index in [2.05, 4.69) is 15.0 Å². The maximum absolute atomic E-state index is 14.2. The summed E-state index contributed by atoms with van der Waals surface area (Å²) < 4.78 is 0. The summed E-state index contributed by atoms with van der Waals surface area (Å²) in [4.78, 5) is 54.4. The van der Waals surface area contributed by atoms with Crippen molar-refractivity contribution in [2.45, 2.75) is 56.9 Å². The monoisotopic (exact) mass is 661 g/mol. The molecule has 7 rings (SSSR count). The van der Waals surface area contributed by atoms with Gasteiger partial charge in [0.1, 0.15) is 11.9 Å². The van der Waals surface area contributed by atoms with Gasteiger partial charge in [0.25, 0.3) is 0 Å². The molecule has 2 amide bonds. The maximum Gasteiger partial charge on any atom is 0.323 e. The Morgan fingerprint density at radius 3 is 2.30 bits per heavy atom. The van der Waals surface area contributed by atoms with Crippen molar-refractivity contribution in [2.24, 2.45) is 23.3 Å². The summed E-state index contributed by atoms with van der Waals surface area (Å²) in [5.74, 6) is 0.919. The first-order valence-corrected chi connectivity index (χ1v) is 16.0. The van der Waals surface area contributed by atoms with Gasteiger partial charge in [-0.15, -0.1) is 12.4 Å². The lowest BCUT2D eigenvalue weighted by Crippen LogP contribution is -2.52. The molecule has 12 heteroatoms. The van der Waals surface area contributed by atoms with E-state index in [0.717, 1.165) is 59.2 Å². The van der Waals surface area contributed by atoms with Crippen LogP contribution in [-0.2, 0) is 16.0 Å². The number of primary amides is 1. The Hall–Kier alpha value is -4.12. The average Bonchev–Trinajstić information content (AvgIpc) is 3.70. The van der Waals surface area contributed by atoms with Crippen LogP contribution in [0.2, 0.25) is 5.02 Å². The van der Waals surface area contributed by atoms with Gasteiger partial charge in [-0.25, -0.2) is 9.78 Å². The van der Waals surface area contributed by atoms with Gasteiger partial charge in [0.05, 0.1) is 27.1 Å². The second-order valence-electron chi connectivity index (χ2n) is 12.5. The van der Waals surface area contributed by atoms with Crippen LogP contribution in [-0.4, -0.2) is 44.3 Å². The number of fused-ring (bicyclic) bond motifs is 2. The predicted molar refractivity (Wildman–Crippen MR) is 183 cm³/mol. The van der Waals surface area contributed by atoms with Gasteiger partial charge in [0.15, 0.2) is 0 Å². The standard InChI is InChI=1S/C34H36ClN7O3.ClH/c35-25-16-29-28(38-32(39-29)21-9-10-21)15-24(25)20-5-1-18(2-6-20)13-30(31(37)43)42(33(44)22-7-3-19(17-36)4-8-22)23-11-12-26-27(14-23)41-34(45)40-26;/h1-2,5-6,11-12,14-16,19,21-22,30H,3-4,7-10,13,17,36H2,(H2,37,43)(H,38,39)(H2,40,41,45);1H/t19?,22?,30-;/m0./s1. The third-order valence-electron chi connectivity index (χ3n) is 9.43. The highest BCUT2D eigenvalue weighted by Crippen LogP contribution is 2.40. The fraction of sp³-hybridized carbons (Fsp3) is 0.353. The van der Waals surface area contributed by atoms with Crippen LogP contribution < -0.4 is 22.1 Å². The Kier molecular flexibility index (Phi) is 8.96. The van der Waals surface area contributed by atoms with Gasteiger partial charge >= 0.3 is 5.69 Å². The number of aromatic amines is 3. The molecule has 1 atom stereocenters. The predicted octanol–water partition coefficient (Wildman–Crippen LogP) is 5.55. The third kappa shape index (κ3) is 6.29. The van der Waals surface area contributed by atoms with Crippen LogP contribution in [0.25, 0.3) is 33.2 Å². The van der Waals surface area contributed by atoms with Gasteiger partial charge in [-0.3, -0.25) is 14.5 Å². The number of aromatic nitrogens is 4. The molecule has 0 radical (unpaired) electrons. The number of rotatable bonds is 9. The van der Waals surface area contributed by atoms with Gasteiger partial charge in [0.2, 0.25) is 11.8 Å². The molecule has 0 aliphatic heterocycles. The summed E-state index contributed by atoms with van der Waals surface area (Å²) in [6.45, 7) is 0.602. The molecule has 7 N–H and O–H groups in total. The number of halogens is 2. The molecular formula is C34H37Cl2N7O3. The van der Waals surface area contributed by atoms with Crippen molar-refractivity contribution < 1.29 is 9.59 Å². The Labute approximate surface area is 276 Å². The first-order valence-electron chi connectivity index (χ1n) is 15.6. The SMILES string of the molecule is Cl.NCC1CCC(C(=O)N(c2ccc3[nH]c(=O)[nH]c3c2)[C@@H](Cc2ccc(-c3cc4nc(C5CC5)[nH]c4cc3Cl)cc2)C(N)=O)CC1. The molecule has 2 aliphatic rings. The Morgan fingerprint density at radius 1 is 0.913 bits per heavy atom. The fourth-order valence-electron chi connectivity index (χ4n) is 6.66. The zero-order chi connectivity index (χ0) is 31.2. The lowest BCUT2D eigenvalue weighted by molar-refractivity contribution is -0.127. The molecule has 2 saturated carbocycles. The zero-order valence-electron chi connectivity index (χ0n) is 25.2. The van der Waals surface area contributed by atoms with E-state index in [0.29, 0.717) is 53.0 Å². The van der Waals surface area contributed by atoms with Crippen LogP contribution in [0.3, 0.4) is 0 Å². The molecule has 0 saturated heterocycles. The molecule has 0 spiro atoms. The second kappa shape index (κ2) is 12.9. The number of imidazole rings is 2. The van der Waals surface area contributed by atoms with E-state index in [9.17, 15) is 14.4 Å². The number of H-pyrrole nitrogens is 3. The topological polar surface area (TPSA) is 167 Å². The van der Waals surface area contributed by atoms with Crippen LogP contribution in [0.4, 0.5) is 5.69 Å². The number of hydrogen-bond acceptors (Lipinski definition) is 5. The van der Waals surface area contributed by atoms with Crippen LogP contribution in [0.1, 0.15) is 55.8 Å². The van der Waals surface area contributed by atoms with Crippen molar-refractivity contribution in [3.05, 3.63) is 81.5 Å². The van der Waals surface area contributed by atoms with Crippen molar-refractivity contribution in [3.63, 3.8) is 0 Å². The molecule has 2 aromatic heterocycles. The number of benzene rings is 3. The maximum atomic E-state index is 14.2. The number of nitrogens with one attached hydrogen (secondary N) is 3. The number of hydrogen-bond donors (Lipinski definition) is 5. The first kappa shape index (κ1) is 31.8. The summed E-state index contributed by atoms with van der Waals surface area (Å²) in [6.07, 6.45) is 5.66. The molecule has 2 aliphatic carbocycles. The normalized spacial score (nSPS) is 18.7. The van der Waals surface area contributed by atoms with Gasteiger partial charge in [-0.2, -0.15) is 0 Å². The van der Waals surface area contributed by atoms with Gasteiger partial charge in [-0.1, -0.05) is 35.9 Å². The highest BCUT2D eigenvalue weighted by atomic mass is 35.5. The summed E-state index contributed by atoms with van der Waals surface area (Å²) >= 11 is 6.70. The molecule has 0 bridgehead atoms. The molecule has 2 heterocycles. The van der Waals surface area contributed by atoms with Crippen molar-refractivity contribution in [1.82, 2.24) is 19.9 Å². The van der Waals surface area contributed by atoms with E-state index >= 15 is 0 Å². The van der Waals surface area contributed by atoms with Crippen LogP contribution in [0.15, 0.2) is 59.4 Å². The van der Waals surface area contributed by atoms with Crippen molar-refractivity contribution in [3.8, 4) is 11.1 Å². The minimum Gasteiger partial charge on any atom is -0.368 e. The van der Waals surface area contributed by atoms with Crippen molar-refractivity contribution >= 4 is 63.6 Å². The van der Waals surface area contributed by atoms with Crippen LogP contribution >= 0.6 is 24.0 Å². The smallest absolute Gasteiger partial charge is 0.323 e. The van der Waals surface area contributed by atoms with Gasteiger partial charge in [0, 0.05) is 29.5 Å². The number of nitrogens with zero attached hydrogens (tertiary/aromatic N) is 2. The average molecular weight is 663 g/mol. The number of carbonyl (C=O) groups excluding carboxylic acids is 2.